The Hall–Kier alpha value is -3.43. The van der Waals surface area contributed by atoms with Crippen molar-refractivity contribution in [3.05, 3.63) is 69.3 Å². The van der Waals surface area contributed by atoms with Gasteiger partial charge >= 0.3 is 0 Å². The van der Waals surface area contributed by atoms with Crippen molar-refractivity contribution in [2.24, 2.45) is 0 Å². The summed E-state index contributed by atoms with van der Waals surface area (Å²) in [6.07, 6.45) is 0.688. The summed E-state index contributed by atoms with van der Waals surface area (Å²) < 4.78 is 30.4. The number of carbonyl (C=O) groups is 1. The number of hydrogen-bond acceptors (Lipinski definition) is 7. The minimum Gasteiger partial charge on any atom is -0.504 e. The van der Waals surface area contributed by atoms with Gasteiger partial charge in [-0.2, -0.15) is 0 Å². The van der Waals surface area contributed by atoms with Crippen molar-refractivity contribution >= 4 is 16.9 Å². The maximum Gasteiger partial charge on any atom is 0.290 e. The van der Waals surface area contributed by atoms with Gasteiger partial charge in [-0.05, 0) is 42.3 Å². The van der Waals surface area contributed by atoms with Crippen LogP contribution in [0, 0.1) is 5.82 Å². The number of aromatic hydroxyl groups is 1. The highest BCUT2D eigenvalue weighted by molar-refractivity contribution is 5.99. The fraction of sp³-hybridized carbons (Fsp3) is 0.360. The smallest absolute Gasteiger partial charge is 0.290 e. The monoisotopic (exact) mass is 468 g/mol. The largest absolute Gasteiger partial charge is 0.504 e. The molecule has 1 N–H and O–H groups in total. The van der Waals surface area contributed by atoms with Crippen LogP contribution in [0.3, 0.4) is 0 Å². The van der Waals surface area contributed by atoms with E-state index in [1.165, 1.54) is 25.3 Å². The fourth-order valence-electron chi connectivity index (χ4n) is 4.72. The summed E-state index contributed by atoms with van der Waals surface area (Å²) >= 11 is 0. The SMILES string of the molecule is COc1cc([C@@H]2c3c(oc4ccc(F)cc4c3=O)C(=O)N2CCCN2CCOCC2)ccc1O. The van der Waals surface area contributed by atoms with Gasteiger partial charge in [0.1, 0.15) is 11.4 Å². The number of halogens is 1. The maximum atomic E-state index is 13.9. The number of ether oxygens (including phenoxy) is 2. The molecule has 0 unspecified atom stereocenters. The second-order valence-electron chi connectivity index (χ2n) is 8.45. The number of benzene rings is 2. The number of nitrogens with zero attached hydrogens (tertiary/aromatic N) is 2. The summed E-state index contributed by atoms with van der Waals surface area (Å²) in [7, 11) is 1.43. The van der Waals surface area contributed by atoms with Crippen molar-refractivity contribution in [3.8, 4) is 11.5 Å². The van der Waals surface area contributed by atoms with Crippen LogP contribution in [0.4, 0.5) is 4.39 Å². The molecule has 2 aromatic carbocycles. The summed E-state index contributed by atoms with van der Waals surface area (Å²) in [6, 6.07) is 7.65. The predicted octanol–water partition coefficient (Wildman–Crippen LogP) is 2.91. The molecule has 9 heteroatoms. The lowest BCUT2D eigenvalue weighted by atomic mass is 9.98. The Morgan fingerprint density at radius 1 is 1.12 bits per heavy atom. The van der Waals surface area contributed by atoms with Gasteiger partial charge in [-0.15, -0.1) is 0 Å². The molecule has 8 nitrogen and oxygen atoms in total. The normalized spacial score (nSPS) is 18.5. The van der Waals surface area contributed by atoms with Crippen LogP contribution < -0.4 is 10.2 Å². The fourth-order valence-corrected chi connectivity index (χ4v) is 4.72. The van der Waals surface area contributed by atoms with Crippen molar-refractivity contribution in [2.75, 3.05) is 46.5 Å². The van der Waals surface area contributed by atoms with E-state index >= 15 is 0 Å². The Kier molecular flexibility index (Phi) is 5.97. The number of amides is 1. The van der Waals surface area contributed by atoms with Gasteiger partial charge in [0.25, 0.3) is 5.91 Å². The van der Waals surface area contributed by atoms with Crippen LogP contribution in [0.25, 0.3) is 11.0 Å². The number of rotatable bonds is 6. The van der Waals surface area contributed by atoms with Gasteiger partial charge in [-0.25, -0.2) is 4.39 Å². The van der Waals surface area contributed by atoms with Gasteiger partial charge in [0.15, 0.2) is 16.9 Å². The average molecular weight is 468 g/mol. The lowest BCUT2D eigenvalue weighted by Gasteiger charge is -2.29. The average Bonchev–Trinajstić information content (AvgIpc) is 3.12. The van der Waals surface area contributed by atoms with Crippen molar-refractivity contribution < 1.29 is 28.2 Å². The molecule has 1 fully saturated rings. The number of carbonyl (C=O) groups excluding carboxylic acids is 1. The molecular weight excluding hydrogens is 443 g/mol. The van der Waals surface area contributed by atoms with Crippen molar-refractivity contribution in [1.29, 1.82) is 0 Å². The Morgan fingerprint density at radius 3 is 2.68 bits per heavy atom. The van der Waals surface area contributed by atoms with E-state index in [0.717, 1.165) is 25.7 Å². The topological polar surface area (TPSA) is 92.5 Å². The predicted molar refractivity (Wildman–Crippen MR) is 122 cm³/mol. The molecule has 34 heavy (non-hydrogen) atoms. The molecule has 178 valence electrons. The van der Waals surface area contributed by atoms with E-state index in [-0.39, 0.29) is 33.8 Å². The van der Waals surface area contributed by atoms with Gasteiger partial charge in [0, 0.05) is 26.2 Å². The van der Waals surface area contributed by atoms with Crippen LogP contribution in [-0.4, -0.2) is 67.3 Å². The van der Waals surface area contributed by atoms with Crippen LogP contribution in [-0.2, 0) is 4.74 Å². The molecular formula is C25H25FN2O6. The van der Waals surface area contributed by atoms with Crippen LogP contribution in [0.1, 0.15) is 34.1 Å². The van der Waals surface area contributed by atoms with E-state index in [1.807, 2.05) is 0 Å². The molecule has 3 heterocycles. The van der Waals surface area contributed by atoms with E-state index in [4.69, 9.17) is 13.9 Å². The van der Waals surface area contributed by atoms with Gasteiger partial charge in [-0.3, -0.25) is 14.5 Å². The summed E-state index contributed by atoms with van der Waals surface area (Å²) in [4.78, 5) is 30.8. The number of morpholine rings is 1. The molecule has 0 aliphatic carbocycles. The molecule has 0 saturated carbocycles. The minimum atomic E-state index is -0.745. The van der Waals surface area contributed by atoms with Crippen molar-refractivity contribution in [3.63, 3.8) is 0 Å². The van der Waals surface area contributed by atoms with Crippen LogP contribution >= 0.6 is 0 Å². The van der Waals surface area contributed by atoms with Crippen molar-refractivity contribution in [2.45, 2.75) is 12.5 Å². The molecule has 3 aromatic rings. The molecule has 0 spiro atoms. The first-order chi connectivity index (χ1) is 16.5. The second kappa shape index (κ2) is 9.08. The van der Waals surface area contributed by atoms with Gasteiger partial charge in [0.05, 0.1) is 37.3 Å². The lowest BCUT2D eigenvalue weighted by molar-refractivity contribution is 0.0353. The number of hydrogen-bond donors (Lipinski definition) is 1. The second-order valence-corrected chi connectivity index (χ2v) is 8.45. The van der Waals surface area contributed by atoms with Gasteiger partial charge < -0.3 is 23.9 Å². The highest BCUT2D eigenvalue weighted by Gasteiger charge is 2.42. The molecule has 1 aromatic heterocycles. The molecule has 2 aliphatic heterocycles. The quantitative estimate of drug-likeness (QED) is 0.595. The lowest BCUT2D eigenvalue weighted by Crippen LogP contribution is -2.38. The first-order valence-electron chi connectivity index (χ1n) is 11.2. The number of phenolic OH excluding ortho intramolecular Hbond substituents is 1. The number of methoxy groups -OCH3 is 1. The van der Waals surface area contributed by atoms with E-state index in [1.54, 1.807) is 17.0 Å². The number of fused-ring (bicyclic) bond motifs is 2. The maximum absolute atomic E-state index is 13.9. The molecule has 1 saturated heterocycles. The zero-order chi connectivity index (χ0) is 23.8. The van der Waals surface area contributed by atoms with E-state index < -0.39 is 23.2 Å². The van der Waals surface area contributed by atoms with Gasteiger partial charge in [-0.1, -0.05) is 6.07 Å². The Labute approximate surface area is 195 Å². The minimum absolute atomic E-state index is 0.0347. The van der Waals surface area contributed by atoms with Crippen LogP contribution in [0.5, 0.6) is 11.5 Å². The van der Waals surface area contributed by atoms with Crippen LogP contribution in [0.2, 0.25) is 0 Å². The van der Waals surface area contributed by atoms with E-state index in [9.17, 15) is 19.1 Å². The zero-order valence-electron chi connectivity index (χ0n) is 18.8. The molecule has 1 atom stereocenters. The van der Waals surface area contributed by atoms with Crippen LogP contribution in [0.15, 0.2) is 45.6 Å². The molecule has 0 radical (unpaired) electrons. The third-order valence-corrected chi connectivity index (χ3v) is 6.42. The van der Waals surface area contributed by atoms with E-state index in [0.29, 0.717) is 31.7 Å². The first-order valence-corrected chi connectivity index (χ1v) is 11.2. The standard InChI is InChI=1S/C25H25FN2O6/c1-32-20-13-15(3-5-18(20)29)22-21-23(30)17-14-16(26)4-6-19(17)34-24(21)25(31)28(22)8-2-7-27-9-11-33-12-10-27/h3-6,13-14,22,29H,2,7-12H2,1H3/t22-/m1/s1. The molecule has 5 rings (SSSR count). The summed E-state index contributed by atoms with van der Waals surface area (Å²) in [5, 5.41) is 10.1. The highest BCUT2D eigenvalue weighted by atomic mass is 19.1. The summed E-state index contributed by atoms with van der Waals surface area (Å²) in [6.45, 7) is 4.22. The third-order valence-electron chi connectivity index (χ3n) is 6.42. The summed E-state index contributed by atoms with van der Waals surface area (Å²) in [5.74, 6) is -0.815. The van der Waals surface area contributed by atoms with Crippen molar-refractivity contribution in [1.82, 2.24) is 9.80 Å². The Balaban J connectivity index is 1.56. The highest BCUT2D eigenvalue weighted by Crippen LogP contribution is 2.40. The third kappa shape index (κ3) is 3.91. The zero-order valence-corrected chi connectivity index (χ0v) is 18.8. The molecule has 2 aliphatic rings. The van der Waals surface area contributed by atoms with Gasteiger partial charge in [0.2, 0.25) is 5.76 Å². The Bertz CT molecular complexity index is 1300. The first kappa shape index (κ1) is 22.4. The Morgan fingerprint density at radius 2 is 1.91 bits per heavy atom. The molecule has 0 bridgehead atoms. The van der Waals surface area contributed by atoms with E-state index in [2.05, 4.69) is 4.90 Å². The molecule has 1 amide bonds. The summed E-state index contributed by atoms with van der Waals surface area (Å²) in [5.41, 5.74) is 0.478. The number of phenols is 1.